The Balaban J connectivity index is 1.67. The number of halogens is 3. The summed E-state index contributed by atoms with van der Waals surface area (Å²) in [5.41, 5.74) is -0.449. The zero-order valence-electron chi connectivity index (χ0n) is 19.1. The fourth-order valence-corrected chi connectivity index (χ4v) is 6.50. The van der Waals surface area contributed by atoms with E-state index in [-0.39, 0.29) is 50.9 Å². The summed E-state index contributed by atoms with van der Waals surface area (Å²) in [7, 11) is -5.98. The summed E-state index contributed by atoms with van der Waals surface area (Å²) < 4.78 is 95.7. The van der Waals surface area contributed by atoms with Gasteiger partial charge in [0.25, 0.3) is 0 Å². The van der Waals surface area contributed by atoms with Gasteiger partial charge in [0.15, 0.2) is 26.3 Å². The van der Waals surface area contributed by atoms with Crippen molar-refractivity contribution in [3.8, 4) is 11.5 Å². The van der Waals surface area contributed by atoms with Gasteiger partial charge in [-0.25, -0.2) is 36.5 Å². The Hall–Kier alpha value is -3.04. The number of sulfonamides is 1. The van der Waals surface area contributed by atoms with Crippen LogP contribution in [0.4, 0.5) is 13.2 Å². The maximum Gasteiger partial charge on any atom is 0.417 e. The lowest BCUT2D eigenvalue weighted by Crippen LogP contribution is -2.27. The average molecular weight is 543 g/mol. The Bertz CT molecular complexity index is 1720. The highest BCUT2D eigenvalue weighted by Crippen LogP contribution is 2.33. The molecule has 0 radical (unpaired) electrons. The van der Waals surface area contributed by atoms with Crippen molar-refractivity contribution >= 4 is 36.7 Å². The number of alkyl halides is 3. The molecule has 0 aromatic carbocycles. The zero-order chi connectivity index (χ0) is 26.0. The monoisotopic (exact) mass is 542 g/mol. The van der Waals surface area contributed by atoms with E-state index in [1.165, 1.54) is 41.3 Å². The summed E-state index contributed by atoms with van der Waals surface area (Å²) in [4.78, 5) is 12.5. The number of hydrogen-bond donors (Lipinski definition) is 1. The number of nitrogens with zero attached hydrogens (tertiary/aromatic N) is 5. The molecule has 1 aliphatic rings. The summed E-state index contributed by atoms with van der Waals surface area (Å²) in [6, 6.07) is 3.74. The molecule has 5 rings (SSSR count). The molecule has 0 saturated heterocycles. The van der Waals surface area contributed by atoms with E-state index in [0.717, 1.165) is 18.9 Å². The van der Waals surface area contributed by atoms with E-state index in [4.69, 9.17) is 0 Å². The van der Waals surface area contributed by atoms with Crippen molar-refractivity contribution in [1.29, 1.82) is 0 Å². The van der Waals surface area contributed by atoms with E-state index in [1.54, 1.807) is 0 Å². The van der Waals surface area contributed by atoms with Crippen LogP contribution >= 0.6 is 0 Å². The minimum Gasteiger partial charge on any atom is -0.310 e. The third kappa shape index (κ3) is 4.46. The van der Waals surface area contributed by atoms with E-state index in [9.17, 15) is 30.0 Å². The second kappa shape index (κ2) is 8.24. The minimum absolute atomic E-state index is 0.0112. The number of nitrogens with one attached hydrogen (secondary N) is 1. The summed E-state index contributed by atoms with van der Waals surface area (Å²) in [5, 5.41) is -0.194. The Morgan fingerprint density at radius 1 is 1.14 bits per heavy atom. The van der Waals surface area contributed by atoms with Crippen molar-refractivity contribution in [2.24, 2.45) is 7.05 Å². The van der Waals surface area contributed by atoms with Gasteiger partial charge in [0, 0.05) is 25.5 Å². The molecule has 0 amide bonds. The first-order valence-electron chi connectivity index (χ1n) is 10.9. The van der Waals surface area contributed by atoms with Crippen LogP contribution in [0.1, 0.15) is 30.9 Å². The quantitative estimate of drug-likeness (QED) is 0.380. The molecule has 192 valence electrons. The highest BCUT2D eigenvalue weighted by atomic mass is 32.2. The molecular weight excluding hydrogens is 521 g/mol. The van der Waals surface area contributed by atoms with Crippen molar-refractivity contribution in [3.05, 3.63) is 41.7 Å². The molecule has 1 aliphatic carbocycles. The molecular formula is C21H21F3N6O4S2. The van der Waals surface area contributed by atoms with Gasteiger partial charge in [0.2, 0.25) is 10.0 Å². The first kappa shape index (κ1) is 24.6. The largest absolute Gasteiger partial charge is 0.417 e. The van der Waals surface area contributed by atoms with Crippen LogP contribution in [0, 0.1) is 0 Å². The number of pyridine rings is 2. The van der Waals surface area contributed by atoms with Gasteiger partial charge in [-0.1, -0.05) is 6.92 Å². The molecule has 0 atom stereocenters. The first-order chi connectivity index (χ1) is 16.8. The molecule has 10 nitrogen and oxygen atoms in total. The molecule has 4 aromatic rings. The van der Waals surface area contributed by atoms with Crippen LogP contribution < -0.4 is 4.72 Å². The van der Waals surface area contributed by atoms with E-state index >= 15 is 0 Å². The van der Waals surface area contributed by atoms with Crippen molar-refractivity contribution in [2.75, 3.05) is 5.75 Å². The molecule has 0 unspecified atom stereocenters. The van der Waals surface area contributed by atoms with Gasteiger partial charge in [-0.05, 0) is 36.6 Å². The van der Waals surface area contributed by atoms with Crippen LogP contribution in [0.25, 0.3) is 28.3 Å². The lowest BCUT2D eigenvalue weighted by molar-refractivity contribution is -0.137. The average Bonchev–Trinajstić information content (AvgIpc) is 3.41. The van der Waals surface area contributed by atoms with Crippen LogP contribution in [0.5, 0.6) is 0 Å². The smallest absolute Gasteiger partial charge is 0.310 e. The van der Waals surface area contributed by atoms with Crippen LogP contribution in [-0.4, -0.2) is 52.6 Å². The molecule has 15 heteroatoms. The molecule has 4 heterocycles. The fraction of sp³-hybridized carbons (Fsp3) is 0.381. The summed E-state index contributed by atoms with van der Waals surface area (Å²) in [6.07, 6.45) is -0.943. The molecule has 0 spiro atoms. The maximum atomic E-state index is 13.2. The van der Waals surface area contributed by atoms with Gasteiger partial charge in [-0.2, -0.15) is 13.2 Å². The number of aromatic nitrogens is 5. The lowest BCUT2D eigenvalue weighted by Gasteiger charge is -2.07. The molecule has 1 N–H and O–H groups in total. The lowest BCUT2D eigenvalue weighted by atomic mass is 10.2. The predicted octanol–water partition coefficient (Wildman–Crippen LogP) is 2.68. The standard InChI is InChI=1S/C21H21F3N6O4S2/c1-3-35(31,32)20-17(19-26-15-9-13(21(22,23)24)10-25-18(15)29(19)2)27-16-8-12(6-7-30(16)20)11-36(33,34)28-14-4-5-14/h6-10,14,28H,3-5,11H2,1-2H3. The van der Waals surface area contributed by atoms with Crippen molar-refractivity contribution < 1.29 is 30.0 Å². The third-order valence-corrected chi connectivity index (χ3v) is 8.99. The molecule has 36 heavy (non-hydrogen) atoms. The van der Waals surface area contributed by atoms with E-state index in [2.05, 4.69) is 19.7 Å². The Morgan fingerprint density at radius 2 is 1.86 bits per heavy atom. The molecule has 1 saturated carbocycles. The van der Waals surface area contributed by atoms with Gasteiger partial charge in [-0.15, -0.1) is 0 Å². The van der Waals surface area contributed by atoms with Gasteiger partial charge in [0.05, 0.1) is 17.1 Å². The second-order valence-electron chi connectivity index (χ2n) is 8.64. The van der Waals surface area contributed by atoms with Crippen LogP contribution in [-0.2, 0) is 38.8 Å². The molecule has 0 bridgehead atoms. The number of aryl methyl sites for hydroxylation is 1. The van der Waals surface area contributed by atoms with Crippen LogP contribution in [0.3, 0.4) is 0 Å². The van der Waals surface area contributed by atoms with Crippen molar-refractivity contribution in [3.63, 3.8) is 0 Å². The summed E-state index contributed by atoms with van der Waals surface area (Å²) in [6.45, 7) is 1.45. The SMILES string of the molecule is CCS(=O)(=O)c1c(-c2nc3cc(C(F)(F)F)cnc3n2C)nc2cc(CS(=O)(=O)NC3CC3)ccn12. The molecule has 1 fully saturated rings. The summed E-state index contributed by atoms with van der Waals surface area (Å²) in [5.74, 6) is -0.568. The summed E-state index contributed by atoms with van der Waals surface area (Å²) >= 11 is 0. The normalized spacial score (nSPS) is 15.2. The van der Waals surface area contributed by atoms with Crippen molar-refractivity contribution in [1.82, 2.24) is 28.6 Å². The van der Waals surface area contributed by atoms with Gasteiger partial charge in [0.1, 0.15) is 16.9 Å². The highest BCUT2D eigenvalue weighted by Gasteiger charge is 2.33. The maximum absolute atomic E-state index is 13.2. The molecule has 0 aliphatic heterocycles. The molecule has 4 aromatic heterocycles. The Kier molecular flexibility index (Phi) is 5.64. The Morgan fingerprint density at radius 3 is 2.50 bits per heavy atom. The van der Waals surface area contributed by atoms with E-state index < -0.39 is 31.6 Å². The Labute approximate surface area is 204 Å². The number of imidazole rings is 2. The van der Waals surface area contributed by atoms with Crippen LogP contribution in [0.2, 0.25) is 0 Å². The topological polar surface area (TPSA) is 128 Å². The minimum atomic E-state index is -4.62. The zero-order valence-corrected chi connectivity index (χ0v) is 20.7. The number of fused-ring (bicyclic) bond motifs is 2. The number of rotatable bonds is 7. The van der Waals surface area contributed by atoms with Crippen LogP contribution in [0.15, 0.2) is 35.6 Å². The second-order valence-corrected chi connectivity index (χ2v) is 12.6. The van der Waals surface area contributed by atoms with E-state index in [1.807, 2.05) is 0 Å². The van der Waals surface area contributed by atoms with Gasteiger partial charge in [-0.3, -0.25) is 4.40 Å². The third-order valence-electron chi connectivity index (χ3n) is 5.85. The fourth-order valence-electron chi connectivity index (χ4n) is 3.89. The number of hydrogen-bond acceptors (Lipinski definition) is 7. The highest BCUT2D eigenvalue weighted by molar-refractivity contribution is 7.91. The van der Waals surface area contributed by atoms with Gasteiger partial charge >= 0.3 is 6.18 Å². The van der Waals surface area contributed by atoms with E-state index in [0.29, 0.717) is 11.8 Å². The predicted molar refractivity (Wildman–Crippen MR) is 124 cm³/mol. The van der Waals surface area contributed by atoms with Gasteiger partial charge < -0.3 is 4.57 Å². The van der Waals surface area contributed by atoms with Crippen molar-refractivity contribution in [2.45, 2.75) is 42.8 Å². The first-order valence-corrected chi connectivity index (χ1v) is 14.2. The number of sulfone groups is 1.